The van der Waals surface area contributed by atoms with Crippen molar-refractivity contribution in [1.29, 1.82) is 0 Å². The Labute approximate surface area is 118 Å². The van der Waals surface area contributed by atoms with Crippen molar-refractivity contribution in [2.75, 3.05) is 13.7 Å². The summed E-state index contributed by atoms with van der Waals surface area (Å²) in [5.41, 5.74) is 1.45. The molecule has 20 heavy (non-hydrogen) atoms. The summed E-state index contributed by atoms with van der Waals surface area (Å²) in [5.74, 6) is -0.908. The summed E-state index contributed by atoms with van der Waals surface area (Å²) in [5, 5.41) is 20.5. The van der Waals surface area contributed by atoms with Crippen molar-refractivity contribution < 1.29 is 19.8 Å². The highest BCUT2D eigenvalue weighted by atomic mass is 16.4. The molecule has 1 aromatic rings. The lowest BCUT2D eigenvalue weighted by Gasteiger charge is -2.23. The normalized spacial score (nSPS) is 11.8. The third-order valence-corrected chi connectivity index (χ3v) is 3.14. The van der Waals surface area contributed by atoms with E-state index >= 15 is 0 Å². The van der Waals surface area contributed by atoms with Crippen LogP contribution in [0.2, 0.25) is 0 Å². The van der Waals surface area contributed by atoms with Crippen molar-refractivity contribution >= 4 is 12.0 Å². The Morgan fingerprint density at radius 3 is 2.45 bits per heavy atom. The second kappa shape index (κ2) is 7.49. The number of carboxylic acids is 1. The van der Waals surface area contributed by atoms with Gasteiger partial charge in [0, 0.05) is 13.6 Å². The van der Waals surface area contributed by atoms with Gasteiger partial charge in [0.25, 0.3) is 0 Å². The van der Waals surface area contributed by atoms with E-state index in [9.17, 15) is 9.59 Å². The first kappa shape index (κ1) is 16.0. The minimum atomic E-state index is -0.908. The zero-order valence-electron chi connectivity index (χ0n) is 11.7. The standard InChI is InChI=1S/C14H20N2O4/c1-10(9-17)16(2)14(20)15-8-12-6-4-3-5-11(12)7-13(18)19/h3-6,10,17H,7-9H2,1-2H3,(H,15,20)(H,18,19). The number of nitrogens with zero attached hydrogens (tertiary/aromatic N) is 1. The van der Waals surface area contributed by atoms with E-state index in [4.69, 9.17) is 10.2 Å². The van der Waals surface area contributed by atoms with Gasteiger partial charge in [-0.2, -0.15) is 0 Å². The number of aliphatic carboxylic acids is 1. The van der Waals surface area contributed by atoms with Crippen LogP contribution in [-0.2, 0) is 17.8 Å². The molecule has 110 valence electrons. The Hall–Kier alpha value is -2.08. The van der Waals surface area contributed by atoms with Gasteiger partial charge in [-0.15, -0.1) is 0 Å². The summed E-state index contributed by atoms with van der Waals surface area (Å²) < 4.78 is 0. The number of urea groups is 1. The summed E-state index contributed by atoms with van der Waals surface area (Å²) >= 11 is 0. The molecule has 0 spiro atoms. The Bertz CT molecular complexity index is 476. The molecule has 0 saturated heterocycles. The molecule has 0 aliphatic carbocycles. The zero-order valence-corrected chi connectivity index (χ0v) is 11.7. The van der Waals surface area contributed by atoms with E-state index in [2.05, 4.69) is 5.32 Å². The second-order valence-corrected chi connectivity index (χ2v) is 4.64. The molecule has 0 aromatic heterocycles. The first-order valence-electron chi connectivity index (χ1n) is 6.35. The number of likely N-dealkylation sites (N-methyl/N-ethyl adjacent to an activating group) is 1. The minimum absolute atomic E-state index is 0.0745. The summed E-state index contributed by atoms with van der Waals surface area (Å²) in [6, 6.07) is 6.50. The van der Waals surface area contributed by atoms with E-state index in [1.807, 2.05) is 0 Å². The number of aliphatic hydroxyl groups is 1. The molecule has 1 atom stereocenters. The Kier molecular flexibility index (Phi) is 5.99. The fraction of sp³-hybridized carbons (Fsp3) is 0.429. The molecule has 0 bridgehead atoms. The summed E-state index contributed by atoms with van der Waals surface area (Å²) in [4.78, 5) is 24.0. The van der Waals surface area contributed by atoms with Crippen molar-refractivity contribution in [2.24, 2.45) is 0 Å². The maximum atomic E-state index is 11.8. The van der Waals surface area contributed by atoms with Gasteiger partial charge >= 0.3 is 12.0 Å². The molecule has 1 aromatic carbocycles. The van der Waals surface area contributed by atoms with Gasteiger partial charge in [0.2, 0.25) is 0 Å². The van der Waals surface area contributed by atoms with E-state index in [0.717, 1.165) is 5.56 Å². The number of benzene rings is 1. The van der Waals surface area contributed by atoms with Crippen LogP contribution >= 0.6 is 0 Å². The van der Waals surface area contributed by atoms with Gasteiger partial charge in [-0.05, 0) is 18.1 Å². The van der Waals surface area contributed by atoms with Crippen molar-refractivity contribution in [3.05, 3.63) is 35.4 Å². The number of nitrogens with one attached hydrogen (secondary N) is 1. The van der Waals surface area contributed by atoms with Gasteiger partial charge in [-0.1, -0.05) is 24.3 Å². The van der Waals surface area contributed by atoms with Crippen molar-refractivity contribution in [3.8, 4) is 0 Å². The van der Waals surface area contributed by atoms with E-state index in [-0.39, 0.29) is 31.6 Å². The van der Waals surface area contributed by atoms with Gasteiger partial charge < -0.3 is 20.4 Å². The molecular weight excluding hydrogens is 260 g/mol. The Morgan fingerprint density at radius 1 is 1.30 bits per heavy atom. The molecule has 0 radical (unpaired) electrons. The molecule has 6 heteroatoms. The highest BCUT2D eigenvalue weighted by molar-refractivity contribution is 5.74. The number of hydrogen-bond acceptors (Lipinski definition) is 3. The highest BCUT2D eigenvalue weighted by Gasteiger charge is 2.15. The monoisotopic (exact) mass is 280 g/mol. The van der Waals surface area contributed by atoms with Crippen LogP contribution in [0.3, 0.4) is 0 Å². The first-order valence-corrected chi connectivity index (χ1v) is 6.35. The van der Waals surface area contributed by atoms with Gasteiger partial charge in [0.15, 0.2) is 0 Å². The molecule has 0 aliphatic heterocycles. The zero-order chi connectivity index (χ0) is 15.1. The SMILES string of the molecule is CC(CO)N(C)C(=O)NCc1ccccc1CC(=O)O. The van der Waals surface area contributed by atoms with Crippen molar-refractivity contribution in [1.82, 2.24) is 10.2 Å². The number of hydrogen-bond donors (Lipinski definition) is 3. The topological polar surface area (TPSA) is 89.9 Å². The number of carboxylic acid groups (broad SMARTS) is 1. The Balaban J connectivity index is 2.66. The number of rotatable bonds is 6. The Morgan fingerprint density at radius 2 is 1.90 bits per heavy atom. The lowest BCUT2D eigenvalue weighted by molar-refractivity contribution is -0.136. The molecule has 2 amide bonds. The summed E-state index contributed by atoms with van der Waals surface area (Å²) in [6.45, 7) is 1.88. The van der Waals surface area contributed by atoms with Crippen LogP contribution in [0.4, 0.5) is 4.79 Å². The average molecular weight is 280 g/mol. The number of amides is 2. The average Bonchev–Trinajstić information content (AvgIpc) is 2.43. The number of carbonyl (C=O) groups excluding carboxylic acids is 1. The highest BCUT2D eigenvalue weighted by Crippen LogP contribution is 2.09. The van der Waals surface area contributed by atoms with E-state index < -0.39 is 5.97 Å². The van der Waals surface area contributed by atoms with Crippen LogP contribution in [-0.4, -0.2) is 46.8 Å². The largest absolute Gasteiger partial charge is 0.481 e. The molecule has 1 rings (SSSR count). The molecule has 0 saturated carbocycles. The van der Waals surface area contributed by atoms with Crippen LogP contribution in [0.1, 0.15) is 18.1 Å². The third kappa shape index (κ3) is 4.55. The van der Waals surface area contributed by atoms with E-state index in [0.29, 0.717) is 5.56 Å². The van der Waals surface area contributed by atoms with Gasteiger partial charge in [0.05, 0.1) is 19.1 Å². The van der Waals surface area contributed by atoms with Gasteiger partial charge in [-0.25, -0.2) is 4.79 Å². The predicted molar refractivity (Wildman–Crippen MR) is 74.3 cm³/mol. The lowest BCUT2D eigenvalue weighted by Crippen LogP contribution is -2.43. The number of aliphatic hydroxyl groups excluding tert-OH is 1. The van der Waals surface area contributed by atoms with Crippen LogP contribution < -0.4 is 5.32 Å². The number of carbonyl (C=O) groups is 2. The molecule has 1 unspecified atom stereocenters. The van der Waals surface area contributed by atoms with Crippen LogP contribution in [0.5, 0.6) is 0 Å². The maximum Gasteiger partial charge on any atom is 0.317 e. The molecule has 0 heterocycles. The minimum Gasteiger partial charge on any atom is -0.481 e. The molecule has 6 nitrogen and oxygen atoms in total. The van der Waals surface area contributed by atoms with Crippen molar-refractivity contribution in [2.45, 2.75) is 25.9 Å². The summed E-state index contributed by atoms with van der Waals surface area (Å²) in [7, 11) is 1.60. The first-order chi connectivity index (χ1) is 9.45. The predicted octanol–water partition coefficient (Wildman–Crippen LogP) is 0.836. The van der Waals surface area contributed by atoms with Gasteiger partial charge in [0.1, 0.15) is 0 Å². The maximum absolute atomic E-state index is 11.8. The van der Waals surface area contributed by atoms with Crippen LogP contribution in [0.15, 0.2) is 24.3 Å². The molecule has 3 N–H and O–H groups in total. The third-order valence-electron chi connectivity index (χ3n) is 3.14. The smallest absolute Gasteiger partial charge is 0.317 e. The van der Waals surface area contributed by atoms with E-state index in [1.54, 1.807) is 38.2 Å². The van der Waals surface area contributed by atoms with E-state index in [1.165, 1.54) is 4.90 Å². The quantitative estimate of drug-likeness (QED) is 0.720. The lowest BCUT2D eigenvalue weighted by atomic mass is 10.0. The van der Waals surface area contributed by atoms with Gasteiger partial charge in [-0.3, -0.25) is 4.79 Å². The fourth-order valence-electron chi connectivity index (χ4n) is 1.68. The molecule has 0 fully saturated rings. The second-order valence-electron chi connectivity index (χ2n) is 4.64. The van der Waals surface area contributed by atoms with Crippen molar-refractivity contribution in [3.63, 3.8) is 0 Å². The van der Waals surface area contributed by atoms with Crippen LogP contribution in [0.25, 0.3) is 0 Å². The van der Waals surface area contributed by atoms with Crippen LogP contribution in [0, 0.1) is 0 Å². The molecular formula is C14H20N2O4. The molecule has 0 aliphatic rings. The fourth-order valence-corrected chi connectivity index (χ4v) is 1.68. The summed E-state index contributed by atoms with van der Waals surface area (Å²) in [6.07, 6.45) is -0.0745.